The normalized spacial score (nSPS) is 33.6. The van der Waals surface area contributed by atoms with Crippen molar-refractivity contribution < 1.29 is 18.7 Å². The van der Waals surface area contributed by atoms with E-state index in [-0.39, 0.29) is 10.6 Å². The van der Waals surface area contributed by atoms with Crippen molar-refractivity contribution in [1.82, 2.24) is 0 Å². The molecular weight excluding hydrogens is 334 g/mol. The van der Waals surface area contributed by atoms with Crippen molar-refractivity contribution >= 4 is 39.7 Å². The number of aliphatic carboxylic acids is 1. The standard InChI is InChI=1S/C13H20ClNO4S2/c14-8-5-6-12(21(15,18)19)11(7-8)20-10-4-2-1-3-9(10)13(16)17/h8,11-12H,1-7H2,(H3-,15,16,17,18,19). The Hall–Kier alpha value is -0.0800. The Morgan fingerprint density at radius 2 is 2.05 bits per heavy atom. The van der Waals surface area contributed by atoms with E-state index in [4.69, 9.17) is 16.7 Å². The van der Waals surface area contributed by atoms with Gasteiger partial charge in [0.25, 0.3) is 0 Å². The van der Waals surface area contributed by atoms with Crippen molar-refractivity contribution in [3.05, 3.63) is 10.5 Å². The number of sulfonamides is 1. The summed E-state index contributed by atoms with van der Waals surface area (Å²) < 4.78 is 23.5. The average Bonchev–Trinajstić information content (AvgIpc) is 2.37. The van der Waals surface area contributed by atoms with Crippen LogP contribution in [0.5, 0.6) is 0 Å². The summed E-state index contributed by atoms with van der Waals surface area (Å²) in [6.45, 7) is 0. The second kappa shape index (κ2) is 7.00. The van der Waals surface area contributed by atoms with Crippen molar-refractivity contribution in [3.8, 4) is 0 Å². The third-order valence-corrected chi connectivity index (χ3v) is 7.59. The lowest BCUT2D eigenvalue weighted by Crippen LogP contribution is -2.45. The highest BCUT2D eigenvalue weighted by Gasteiger charge is 2.41. The van der Waals surface area contributed by atoms with E-state index in [2.05, 4.69) is 0 Å². The smallest absolute Gasteiger partial charge is 0.332 e. The zero-order valence-corrected chi connectivity index (χ0v) is 14.0. The zero-order chi connectivity index (χ0) is 15.6. The SMILES string of the molecule is N[S+](=O)([O-])C1CCC(Cl)CC1SC1=C(C(=O)O)CCCC1. The summed E-state index contributed by atoms with van der Waals surface area (Å²) in [6.07, 6.45) is 4.68. The van der Waals surface area contributed by atoms with Crippen LogP contribution in [0.3, 0.4) is 0 Å². The maximum absolute atomic E-state index is 11.7. The van der Waals surface area contributed by atoms with E-state index in [9.17, 15) is 18.7 Å². The fourth-order valence-electron chi connectivity index (χ4n) is 2.97. The second-order valence-electron chi connectivity index (χ2n) is 5.61. The number of primary sulfonamides is 1. The lowest BCUT2D eigenvalue weighted by atomic mass is 9.99. The monoisotopic (exact) mass is 353 g/mol. The number of carbonyl (C=O) groups is 1. The molecule has 0 saturated heterocycles. The Balaban J connectivity index is 2.21. The first kappa shape index (κ1) is 17.3. The van der Waals surface area contributed by atoms with Gasteiger partial charge in [0.2, 0.25) is 0 Å². The average molecular weight is 354 g/mol. The zero-order valence-electron chi connectivity index (χ0n) is 11.6. The summed E-state index contributed by atoms with van der Waals surface area (Å²) in [6, 6.07) is 0. The molecule has 0 amide bonds. The molecule has 1 saturated carbocycles. The molecule has 0 aromatic rings. The molecule has 0 aliphatic heterocycles. The van der Waals surface area contributed by atoms with Crippen LogP contribution in [0.25, 0.3) is 0 Å². The predicted molar refractivity (Wildman–Crippen MR) is 84.8 cm³/mol. The summed E-state index contributed by atoms with van der Waals surface area (Å²) in [7, 11) is -3.64. The molecule has 4 atom stereocenters. The molecule has 0 heterocycles. The third-order valence-electron chi connectivity index (χ3n) is 4.06. The fourth-order valence-corrected chi connectivity index (χ4v) is 6.60. The lowest BCUT2D eigenvalue weighted by molar-refractivity contribution is -0.132. The van der Waals surface area contributed by atoms with Crippen LogP contribution in [0.2, 0.25) is 0 Å². The van der Waals surface area contributed by atoms with E-state index in [1.165, 1.54) is 11.8 Å². The van der Waals surface area contributed by atoms with Gasteiger partial charge in [-0.15, -0.1) is 23.4 Å². The van der Waals surface area contributed by atoms with Gasteiger partial charge < -0.3 is 9.66 Å². The summed E-state index contributed by atoms with van der Waals surface area (Å²) in [4.78, 5) is 12.1. The van der Waals surface area contributed by atoms with Crippen LogP contribution in [0, 0.1) is 0 Å². The molecule has 3 N–H and O–H groups in total. The molecule has 2 aliphatic rings. The minimum atomic E-state index is -3.64. The van der Waals surface area contributed by atoms with Crippen molar-refractivity contribution in [1.29, 1.82) is 0 Å². The van der Waals surface area contributed by atoms with E-state index in [0.29, 0.717) is 37.7 Å². The Morgan fingerprint density at radius 1 is 1.38 bits per heavy atom. The van der Waals surface area contributed by atoms with Crippen molar-refractivity contribution in [3.63, 3.8) is 0 Å². The number of hydrogen-bond acceptors (Lipinski definition) is 4. The third kappa shape index (κ3) is 4.45. The Morgan fingerprint density at radius 3 is 2.67 bits per heavy atom. The topological polar surface area (TPSA) is 103 Å². The van der Waals surface area contributed by atoms with E-state index < -0.39 is 21.6 Å². The summed E-state index contributed by atoms with van der Waals surface area (Å²) in [5.41, 5.74) is 0.427. The van der Waals surface area contributed by atoms with E-state index >= 15 is 0 Å². The highest BCUT2D eigenvalue weighted by Crippen LogP contribution is 2.43. The number of carboxylic acid groups (broad SMARTS) is 1. The molecule has 0 radical (unpaired) electrons. The van der Waals surface area contributed by atoms with Crippen molar-refractivity contribution in [2.75, 3.05) is 0 Å². The molecule has 0 bridgehead atoms. The van der Waals surface area contributed by atoms with E-state index in [0.717, 1.165) is 17.7 Å². The van der Waals surface area contributed by atoms with Gasteiger partial charge in [-0.1, -0.05) is 4.21 Å². The van der Waals surface area contributed by atoms with Crippen LogP contribution in [-0.4, -0.2) is 31.5 Å². The van der Waals surface area contributed by atoms with E-state index in [1.807, 2.05) is 0 Å². The first-order valence-electron chi connectivity index (χ1n) is 7.06. The van der Waals surface area contributed by atoms with Gasteiger partial charge in [-0.25, -0.2) is 4.79 Å². The van der Waals surface area contributed by atoms with Gasteiger partial charge in [0, 0.05) is 11.0 Å². The minimum Gasteiger partial charge on any atom is -0.598 e. The summed E-state index contributed by atoms with van der Waals surface area (Å²) >= 11 is 7.53. The molecule has 5 nitrogen and oxygen atoms in total. The van der Waals surface area contributed by atoms with Gasteiger partial charge >= 0.3 is 5.97 Å². The molecule has 120 valence electrons. The van der Waals surface area contributed by atoms with Crippen molar-refractivity contribution in [2.45, 2.75) is 60.8 Å². The molecule has 4 unspecified atom stereocenters. The molecule has 8 heteroatoms. The van der Waals surface area contributed by atoms with Gasteiger partial charge in [-0.3, -0.25) is 0 Å². The number of halogens is 1. The molecule has 2 rings (SSSR count). The van der Waals surface area contributed by atoms with Gasteiger partial charge in [0.1, 0.15) is 15.6 Å². The van der Waals surface area contributed by atoms with Crippen LogP contribution in [0.4, 0.5) is 0 Å². The highest BCUT2D eigenvalue weighted by molar-refractivity contribution is 8.05. The van der Waals surface area contributed by atoms with Gasteiger partial charge in [0.05, 0.1) is 5.25 Å². The summed E-state index contributed by atoms with van der Waals surface area (Å²) in [5.74, 6) is -0.900. The van der Waals surface area contributed by atoms with Gasteiger partial charge in [-0.2, -0.15) is 5.14 Å². The highest BCUT2D eigenvalue weighted by atomic mass is 35.5. The number of hydrogen-bond donors (Lipinski definition) is 2. The number of thioether (sulfide) groups is 1. The maximum atomic E-state index is 11.7. The lowest BCUT2D eigenvalue weighted by Gasteiger charge is -2.34. The predicted octanol–water partition coefficient (Wildman–Crippen LogP) is 2.66. The molecule has 0 aromatic heterocycles. The van der Waals surface area contributed by atoms with Gasteiger partial charge in [0.15, 0.2) is 0 Å². The molecule has 0 spiro atoms. The Labute approximate surface area is 135 Å². The molecule has 2 aliphatic carbocycles. The number of alkyl halides is 1. The van der Waals surface area contributed by atoms with E-state index in [1.54, 1.807) is 0 Å². The number of rotatable bonds is 4. The molecule has 0 aromatic carbocycles. The first-order valence-corrected chi connectivity index (χ1v) is 9.99. The minimum absolute atomic E-state index is 0.0713. The van der Waals surface area contributed by atoms with Crippen LogP contribution in [0.1, 0.15) is 44.9 Å². The fraction of sp³-hybridized carbons (Fsp3) is 0.769. The van der Waals surface area contributed by atoms with Crippen LogP contribution < -0.4 is 5.14 Å². The van der Waals surface area contributed by atoms with Crippen LogP contribution in [-0.2, 0) is 19.4 Å². The Kier molecular flexibility index (Phi) is 5.76. The second-order valence-corrected chi connectivity index (χ2v) is 9.34. The number of carboxylic acids is 1. The van der Waals surface area contributed by atoms with Gasteiger partial charge in [-0.05, 0) is 49.9 Å². The first-order chi connectivity index (χ1) is 9.79. The number of nitrogens with two attached hydrogens (primary N) is 1. The maximum Gasteiger partial charge on any atom is 0.332 e. The summed E-state index contributed by atoms with van der Waals surface area (Å²) in [5, 5.41) is 13.6. The molecular formula is C13H20ClNO4S2. The quantitative estimate of drug-likeness (QED) is 0.597. The Bertz CT molecular complexity index is 491. The molecule has 21 heavy (non-hydrogen) atoms. The van der Waals surface area contributed by atoms with Crippen molar-refractivity contribution in [2.24, 2.45) is 5.14 Å². The largest absolute Gasteiger partial charge is 0.598 e. The van der Waals surface area contributed by atoms with Crippen LogP contribution in [0.15, 0.2) is 10.5 Å². The van der Waals surface area contributed by atoms with Crippen LogP contribution >= 0.6 is 23.4 Å². The molecule has 1 fully saturated rings. The number of allylic oxidation sites excluding steroid dienone is 1.